The van der Waals surface area contributed by atoms with Gasteiger partial charge in [0, 0.05) is 64.4 Å². The van der Waals surface area contributed by atoms with E-state index in [2.05, 4.69) is 25.1 Å². The molecular formula is C19H26IN7O3. The predicted molar refractivity (Wildman–Crippen MR) is 125 cm³/mol. The predicted octanol–water partition coefficient (Wildman–Crippen LogP) is 1.92. The molecule has 10 nitrogen and oxygen atoms in total. The maximum atomic E-state index is 10.8. The first kappa shape index (κ1) is 23.7. The Labute approximate surface area is 192 Å². The number of aliphatic imine (C=N–C) groups is 1. The van der Waals surface area contributed by atoms with Crippen molar-refractivity contribution >= 4 is 41.6 Å². The molecule has 3 rings (SSSR count). The molecule has 0 saturated carbocycles. The second kappa shape index (κ2) is 12.2. The number of halogens is 1. The molecule has 0 atom stereocenters. The van der Waals surface area contributed by atoms with Crippen LogP contribution in [0.4, 0.5) is 11.6 Å². The van der Waals surface area contributed by atoms with Crippen molar-refractivity contribution in [3.63, 3.8) is 0 Å². The van der Waals surface area contributed by atoms with E-state index in [0.29, 0.717) is 19.7 Å². The molecule has 0 radical (unpaired) electrons. The summed E-state index contributed by atoms with van der Waals surface area (Å²) in [7, 11) is 1.66. The fourth-order valence-corrected chi connectivity index (χ4v) is 2.99. The lowest BCUT2D eigenvalue weighted by molar-refractivity contribution is -0.384. The smallest absolute Gasteiger partial charge is 0.269 e. The molecule has 1 aromatic carbocycles. The Morgan fingerprint density at radius 1 is 1.20 bits per heavy atom. The largest absolute Gasteiger partial charge is 0.383 e. The first-order valence-corrected chi connectivity index (χ1v) is 9.45. The summed E-state index contributed by atoms with van der Waals surface area (Å²) in [6, 6.07) is 8.28. The highest BCUT2D eigenvalue weighted by Gasteiger charge is 2.21. The molecule has 1 fully saturated rings. The molecule has 0 aliphatic carbocycles. The van der Waals surface area contributed by atoms with Crippen LogP contribution in [-0.4, -0.2) is 72.2 Å². The molecule has 1 N–H and O–H groups in total. The minimum Gasteiger partial charge on any atom is -0.383 e. The van der Waals surface area contributed by atoms with Gasteiger partial charge in [-0.15, -0.1) is 24.0 Å². The Morgan fingerprint density at radius 2 is 1.87 bits per heavy atom. The topological polar surface area (TPSA) is 109 Å². The van der Waals surface area contributed by atoms with Gasteiger partial charge in [-0.05, 0) is 11.6 Å². The van der Waals surface area contributed by atoms with Crippen LogP contribution >= 0.6 is 24.0 Å². The monoisotopic (exact) mass is 527 g/mol. The van der Waals surface area contributed by atoms with Crippen LogP contribution in [0, 0.1) is 10.1 Å². The second-order valence-electron chi connectivity index (χ2n) is 6.51. The van der Waals surface area contributed by atoms with Crippen LogP contribution in [-0.2, 0) is 11.3 Å². The average Bonchev–Trinajstić information content (AvgIpc) is 2.77. The van der Waals surface area contributed by atoms with Crippen LogP contribution in [0.1, 0.15) is 5.56 Å². The van der Waals surface area contributed by atoms with E-state index in [1.54, 1.807) is 31.6 Å². The number of nitro benzene ring substituents is 1. The molecule has 0 amide bonds. The Bertz CT molecular complexity index is 813. The molecule has 0 bridgehead atoms. The highest BCUT2D eigenvalue weighted by Crippen LogP contribution is 2.13. The molecule has 30 heavy (non-hydrogen) atoms. The molecule has 0 unspecified atom stereocenters. The number of benzene rings is 1. The van der Waals surface area contributed by atoms with Crippen LogP contribution in [0.25, 0.3) is 0 Å². The Morgan fingerprint density at radius 3 is 2.47 bits per heavy atom. The average molecular weight is 527 g/mol. The van der Waals surface area contributed by atoms with E-state index in [-0.39, 0.29) is 29.7 Å². The molecule has 0 spiro atoms. The maximum Gasteiger partial charge on any atom is 0.269 e. The summed E-state index contributed by atoms with van der Waals surface area (Å²) in [6.07, 6.45) is 3.50. The van der Waals surface area contributed by atoms with E-state index in [1.165, 1.54) is 12.1 Å². The molecular weight excluding hydrogens is 501 g/mol. The third-order valence-electron chi connectivity index (χ3n) is 4.56. The number of hydrogen-bond acceptors (Lipinski definition) is 7. The van der Waals surface area contributed by atoms with Crippen LogP contribution in [0.15, 0.2) is 47.7 Å². The van der Waals surface area contributed by atoms with Gasteiger partial charge < -0.3 is 19.9 Å². The van der Waals surface area contributed by atoms with E-state index < -0.39 is 4.92 Å². The van der Waals surface area contributed by atoms with Crippen LogP contribution in [0.2, 0.25) is 0 Å². The quantitative estimate of drug-likeness (QED) is 0.145. The van der Waals surface area contributed by atoms with Gasteiger partial charge in [-0.2, -0.15) is 0 Å². The SMILES string of the molecule is COCCNC(=NCc1ccc([N+](=O)[O-])cc1)N1CCN(c2ncccn2)CC1.I. The molecule has 162 valence electrons. The van der Waals surface area contributed by atoms with Crippen LogP contribution in [0.3, 0.4) is 0 Å². The standard InChI is InChI=1S/C19H25N7O3.HI/c1-29-14-9-22-19(23-15-16-3-5-17(6-4-16)26(27)28)25-12-10-24(11-13-25)18-20-7-2-8-21-18;/h2-8H,9-15H2,1H3,(H,22,23);1H. The number of piperazine rings is 1. The van der Waals surface area contributed by atoms with Crippen molar-refractivity contribution in [1.29, 1.82) is 0 Å². The number of nitrogens with one attached hydrogen (secondary N) is 1. The highest BCUT2D eigenvalue weighted by atomic mass is 127. The van der Waals surface area contributed by atoms with E-state index in [1.807, 2.05) is 6.07 Å². The lowest BCUT2D eigenvalue weighted by Crippen LogP contribution is -2.53. The van der Waals surface area contributed by atoms with Gasteiger partial charge in [0.15, 0.2) is 5.96 Å². The molecule has 1 aliphatic rings. The minimum atomic E-state index is -0.402. The van der Waals surface area contributed by atoms with Crippen molar-refractivity contribution < 1.29 is 9.66 Å². The van der Waals surface area contributed by atoms with E-state index in [4.69, 9.17) is 9.73 Å². The number of nitrogens with zero attached hydrogens (tertiary/aromatic N) is 6. The van der Waals surface area contributed by atoms with Gasteiger partial charge in [0.25, 0.3) is 5.69 Å². The molecule has 2 aromatic rings. The van der Waals surface area contributed by atoms with Gasteiger partial charge in [0.1, 0.15) is 0 Å². The fourth-order valence-electron chi connectivity index (χ4n) is 2.99. The van der Waals surface area contributed by atoms with Gasteiger partial charge in [0.2, 0.25) is 5.95 Å². The number of nitro groups is 1. The molecule has 11 heteroatoms. The summed E-state index contributed by atoms with van der Waals surface area (Å²) in [4.78, 5) is 28.1. The van der Waals surface area contributed by atoms with Gasteiger partial charge in [-0.3, -0.25) is 10.1 Å². The Hall–Kier alpha value is -2.54. The minimum absolute atomic E-state index is 0. The van der Waals surface area contributed by atoms with Gasteiger partial charge in [0.05, 0.1) is 18.1 Å². The van der Waals surface area contributed by atoms with Crippen molar-refractivity contribution in [3.8, 4) is 0 Å². The zero-order valence-electron chi connectivity index (χ0n) is 16.8. The summed E-state index contributed by atoms with van der Waals surface area (Å²) in [5.41, 5.74) is 0.994. The number of aromatic nitrogens is 2. The number of methoxy groups -OCH3 is 1. The van der Waals surface area contributed by atoms with Crippen LogP contribution in [0.5, 0.6) is 0 Å². The molecule has 2 heterocycles. The second-order valence-corrected chi connectivity index (χ2v) is 6.51. The number of ether oxygens (including phenoxy) is 1. The van der Waals surface area contributed by atoms with Crippen molar-refractivity contribution in [2.45, 2.75) is 6.54 Å². The first-order valence-electron chi connectivity index (χ1n) is 9.45. The van der Waals surface area contributed by atoms with Gasteiger partial charge in [-0.1, -0.05) is 12.1 Å². The number of rotatable bonds is 7. The molecule has 1 saturated heterocycles. The summed E-state index contributed by atoms with van der Waals surface area (Å²) in [5.74, 6) is 1.54. The first-order chi connectivity index (χ1) is 14.2. The number of non-ortho nitro benzene ring substituents is 1. The zero-order valence-corrected chi connectivity index (χ0v) is 19.1. The number of hydrogen-bond donors (Lipinski definition) is 1. The van der Waals surface area contributed by atoms with Crippen molar-refractivity contribution in [3.05, 3.63) is 58.4 Å². The van der Waals surface area contributed by atoms with Gasteiger partial charge in [-0.25, -0.2) is 15.0 Å². The van der Waals surface area contributed by atoms with Crippen molar-refractivity contribution in [1.82, 2.24) is 20.2 Å². The zero-order chi connectivity index (χ0) is 20.5. The maximum absolute atomic E-state index is 10.8. The van der Waals surface area contributed by atoms with Gasteiger partial charge >= 0.3 is 0 Å². The Balaban J connectivity index is 0.00000320. The molecule has 1 aliphatic heterocycles. The normalized spacial score (nSPS) is 14.2. The number of guanidine groups is 1. The summed E-state index contributed by atoms with van der Waals surface area (Å²) < 4.78 is 5.13. The third-order valence-corrected chi connectivity index (χ3v) is 4.56. The third kappa shape index (κ3) is 6.76. The lowest BCUT2D eigenvalue weighted by atomic mass is 10.2. The lowest BCUT2D eigenvalue weighted by Gasteiger charge is -2.36. The van der Waals surface area contributed by atoms with Crippen molar-refractivity contribution in [2.75, 3.05) is 51.3 Å². The number of anilines is 1. The molecule has 1 aromatic heterocycles. The van der Waals surface area contributed by atoms with E-state index in [9.17, 15) is 10.1 Å². The highest BCUT2D eigenvalue weighted by molar-refractivity contribution is 14.0. The summed E-state index contributed by atoms with van der Waals surface area (Å²) in [5, 5.41) is 14.1. The van der Waals surface area contributed by atoms with E-state index >= 15 is 0 Å². The van der Waals surface area contributed by atoms with Crippen molar-refractivity contribution in [2.24, 2.45) is 4.99 Å². The summed E-state index contributed by atoms with van der Waals surface area (Å²) >= 11 is 0. The van der Waals surface area contributed by atoms with Crippen LogP contribution < -0.4 is 10.2 Å². The Kier molecular flexibility index (Phi) is 9.67. The van der Waals surface area contributed by atoms with E-state index in [0.717, 1.165) is 43.7 Å². The fraction of sp³-hybridized carbons (Fsp3) is 0.421. The summed E-state index contributed by atoms with van der Waals surface area (Å²) in [6.45, 7) is 4.84.